The summed E-state index contributed by atoms with van der Waals surface area (Å²) >= 11 is 0. The molecular formula is C9H10ClF2NO2. The predicted molar refractivity (Wildman–Crippen MR) is 52.7 cm³/mol. The van der Waals surface area contributed by atoms with Crippen molar-refractivity contribution in [2.24, 2.45) is 0 Å². The summed E-state index contributed by atoms with van der Waals surface area (Å²) in [5.74, 6) is 0.164. The van der Waals surface area contributed by atoms with E-state index in [1.54, 1.807) is 13.1 Å². The van der Waals surface area contributed by atoms with Gasteiger partial charge in [0.25, 0.3) is 0 Å². The van der Waals surface area contributed by atoms with E-state index in [-0.39, 0.29) is 23.9 Å². The number of alkyl halides is 2. The largest absolute Gasteiger partial charge is 0.586 e. The Morgan fingerprint density at radius 2 is 1.93 bits per heavy atom. The van der Waals surface area contributed by atoms with Crippen molar-refractivity contribution in [2.45, 2.75) is 12.8 Å². The predicted octanol–water partition coefficient (Wildman–Crippen LogP) is 2.15. The number of rotatable bonds is 2. The van der Waals surface area contributed by atoms with Gasteiger partial charge in [-0.15, -0.1) is 21.2 Å². The van der Waals surface area contributed by atoms with Gasteiger partial charge in [0.1, 0.15) is 0 Å². The van der Waals surface area contributed by atoms with E-state index < -0.39 is 6.29 Å². The van der Waals surface area contributed by atoms with Gasteiger partial charge < -0.3 is 14.8 Å². The van der Waals surface area contributed by atoms with Crippen molar-refractivity contribution in [2.75, 3.05) is 7.05 Å². The highest BCUT2D eigenvalue weighted by atomic mass is 35.5. The van der Waals surface area contributed by atoms with Gasteiger partial charge in [0.15, 0.2) is 11.5 Å². The maximum absolute atomic E-state index is 12.6. The molecule has 0 bridgehead atoms. The smallest absolute Gasteiger partial charge is 0.395 e. The lowest BCUT2D eigenvalue weighted by atomic mass is 10.2. The quantitative estimate of drug-likeness (QED) is 0.855. The van der Waals surface area contributed by atoms with Gasteiger partial charge in [-0.1, -0.05) is 6.07 Å². The van der Waals surface area contributed by atoms with Crippen LogP contribution in [0.4, 0.5) is 8.78 Å². The highest BCUT2D eigenvalue weighted by Crippen LogP contribution is 2.41. The molecule has 0 saturated carbocycles. The molecule has 6 heteroatoms. The molecule has 0 unspecified atom stereocenters. The lowest BCUT2D eigenvalue weighted by molar-refractivity contribution is -0.286. The van der Waals surface area contributed by atoms with E-state index in [9.17, 15) is 8.78 Å². The molecule has 3 nitrogen and oxygen atoms in total. The van der Waals surface area contributed by atoms with E-state index in [1.807, 2.05) is 0 Å². The first-order valence-electron chi connectivity index (χ1n) is 4.14. The molecule has 1 heterocycles. The van der Waals surface area contributed by atoms with E-state index in [0.717, 1.165) is 5.56 Å². The molecule has 0 radical (unpaired) electrons. The van der Waals surface area contributed by atoms with Crippen molar-refractivity contribution in [1.82, 2.24) is 5.32 Å². The van der Waals surface area contributed by atoms with Gasteiger partial charge in [0.2, 0.25) is 0 Å². The van der Waals surface area contributed by atoms with Crippen molar-refractivity contribution in [1.29, 1.82) is 0 Å². The van der Waals surface area contributed by atoms with Crippen LogP contribution in [0.3, 0.4) is 0 Å². The summed E-state index contributed by atoms with van der Waals surface area (Å²) in [6.07, 6.45) is -3.53. The standard InChI is InChI=1S/C9H9F2NO2.ClH/c1-12-5-6-2-3-7-8(4-6)14-9(10,11)13-7;/h2-4,12H,5H2,1H3;1H. The minimum atomic E-state index is -3.53. The fraction of sp³-hybridized carbons (Fsp3) is 0.333. The second-order valence-corrected chi connectivity index (χ2v) is 2.98. The van der Waals surface area contributed by atoms with Crippen molar-refractivity contribution in [3.63, 3.8) is 0 Å². The summed E-state index contributed by atoms with van der Waals surface area (Å²) in [7, 11) is 1.78. The molecule has 2 rings (SSSR count). The number of nitrogens with one attached hydrogen (secondary N) is 1. The van der Waals surface area contributed by atoms with Gasteiger partial charge in [-0.05, 0) is 24.7 Å². The third-order valence-electron chi connectivity index (χ3n) is 1.85. The van der Waals surface area contributed by atoms with Gasteiger partial charge in [-0.3, -0.25) is 0 Å². The zero-order valence-corrected chi connectivity index (χ0v) is 8.74. The Hall–Kier alpha value is -1.07. The lowest BCUT2D eigenvalue weighted by Crippen LogP contribution is -2.25. The van der Waals surface area contributed by atoms with Crippen molar-refractivity contribution in [3.05, 3.63) is 23.8 Å². The molecule has 0 aliphatic carbocycles. The summed E-state index contributed by atoms with van der Waals surface area (Å²) in [4.78, 5) is 0. The second-order valence-electron chi connectivity index (χ2n) is 2.98. The summed E-state index contributed by atoms with van der Waals surface area (Å²) < 4.78 is 33.7. The molecule has 0 atom stereocenters. The third kappa shape index (κ3) is 2.49. The van der Waals surface area contributed by atoms with Crippen molar-refractivity contribution < 1.29 is 18.3 Å². The highest BCUT2D eigenvalue weighted by molar-refractivity contribution is 5.85. The Labute approximate surface area is 91.8 Å². The molecule has 84 valence electrons. The Balaban J connectivity index is 0.00000112. The van der Waals surface area contributed by atoms with Gasteiger partial charge in [0, 0.05) is 6.54 Å². The molecule has 1 aromatic carbocycles. The first-order chi connectivity index (χ1) is 6.61. The first kappa shape index (κ1) is 12.0. The zero-order valence-electron chi connectivity index (χ0n) is 7.92. The van der Waals surface area contributed by atoms with Crippen LogP contribution >= 0.6 is 12.4 Å². The van der Waals surface area contributed by atoms with Crippen LogP contribution in [0.5, 0.6) is 11.5 Å². The summed E-state index contributed by atoms with van der Waals surface area (Å²) in [5.41, 5.74) is 0.868. The fourth-order valence-corrected chi connectivity index (χ4v) is 1.31. The third-order valence-corrected chi connectivity index (χ3v) is 1.85. The van der Waals surface area contributed by atoms with E-state index in [4.69, 9.17) is 0 Å². The maximum Gasteiger partial charge on any atom is 0.586 e. The normalized spacial score (nSPS) is 15.9. The molecule has 0 aromatic heterocycles. The van der Waals surface area contributed by atoms with Crippen molar-refractivity contribution in [3.8, 4) is 11.5 Å². The fourth-order valence-electron chi connectivity index (χ4n) is 1.31. The van der Waals surface area contributed by atoms with Crippen LogP contribution in [0.25, 0.3) is 0 Å². The number of benzene rings is 1. The number of hydrogen-bond donors (Lipinski definition) is 1. The molecule has 1 aromatic rings. The number of fused-ring (bicyclic) bond motifs is 1. The molecular weight excluding hydrogens is 228 g/mol. The average Bonchev–Trinajstić information content (AvgIpc) is 2.38. The molecule has 0 spiro atoms. The van der Waals surface area contributed by atoms with Crippen LogP contribution in [0.15, 0.2) is 18.2 Å². The number of hydrogen-bond acceptors (Lipinski definition) is 3. The summed E-state index contributed by atoms with van der Waals surface area (Å²) in [6.45, 7) is 0.599. The number of halogens is 3. The Bertz CT molecular complexity index is 360. The lowest BCUT2D eigenvalue weighted by Gasteiger charge is -2.04. The van der Waals surface area contributed by atoms with Gasteiger partial charge in [0.05, 0.1) is 0 Å². The van der Waals surface area contributed by atoms with Crippen LogP contribution in [-0.4, -0.2) is 13.3 Å². The van der Waals surface area contributed by atoms with Crippen molar-refractivity contribution >= 4 is 12.4 Å². The van der Waals surface area contributed by atoms with Crippen LogP contribution in [0, 0.1) is 0 Å². The highest BCUT2D eigenvalue weighted by Gasteiger charge is 2.43. The number of ether oxygens (including phenoxy) is 2. The van der Waals surface area contributed by atoms with E-state index >= 15 is 0 Å². The minimum absolute atomic E-state index is 0. The Morgan fingerprint density at radius 1 is 1.27 bits per heavy atom. The Kier molecular flexibility index (Phi) is 3.36. The summed E-state index contributed by atoms with van der Waals surface area (Å²) in [5, 5.41) is 2.91. The molecule has 0 fully saturated rings. The minimum Gasteiger partial charge on any atom is -0.395 e. The van der Waals surface area contributed by atoms with Gasteiger partial charge in [-0.2, -0.15) is 0 Å². The molecule has 15 heavy (non-hydrogen) atoms. The first-order valence-corrected chi connectivity index (χ1v) is 4.14. The van der Waals surface area contributed by atoms with Crippen LogP contribution in [0.2, 0.25) is 0 Å². The average molecular weight is 238 g/mol. The van der Waals surface area contributed by atoms with E-state index in [1.165, 1.54) is 12.1 Å². The summed E-state index contributed by atoms with van der Waals surface area (Å²) in [6, 6.07) is 4.72. The molecule has 0 amide bonds. The van der Waals surface area contributed by atoms with Crippen LogP contribution in [0.1, 0.15) is 5.56 Å². The Morgan fingerprint density at radius 3 is 2.60 bits per heavy atom. The van der Waals surface area contributed by atoms with Crippen LogP contribution < -0.4 is 14.8 Å². The van der Waals surface area contributed by atoms with Gasteiger partial charge in [-0.25, -0.2) is 0 Å². The molecule has 0 saturated heterocycles. The maximum atomic E-state index is 12.6. The zero-order chi connectivity index (χ0) is 10.2. The second kappa shape index (κ2) is 4.20. The molecule has 1 aliphatic heterocycles. The molecule has 1 N–H and O–H groups in total. The van der Waals surface area contributed by atoms with E-state index in [0.29, 0.717) is 6.54 Å². The SMILES string of the molecule is CNCc1ccc2c(c1)OC(F)(F)O2.Cl. The topological polar surface area (TPSA) is 30.5 Å². The van der Waals surface area contributed by atoms with Gasteiger partial charge >= 0.3 is 6.29 Å². The monoisotopic (exact) mass is 237 g/mol. The molecule has 1 aliphatic rings. The van der Waals surface area contributed by atoms with Crippen LogP contribution in [-0.2, 0) is 6.54 Å². The van der Waals surface area contributed by atoms with E-state index in [2.05, 4.69) is 14.8 Å².